The summed E-state index contributed by atoms with van der Waals surface area (Å²) in [6, 6.07) is 10.8. The molecule has 0 spiro atoms. The van der Waals surface area contributed by atoms with E-state index in [1.54, 1.807) is 31.5 Å². The van der Waals surface area contributed by atoms with Crippen molar-refractivity contribution in [1.82, 2.24) is 9.88 Å². The minimum Gasteiger partial charge on any atom is -0.497 e. The van der Waals surface area contributed by atoms with Gasteiger partial charge in [-0.2, -0.15) is 0 Å². The highest BCUT2D eigenvalue weighted by Gasteiger charge is 2.14. The Balaban J connectivity index is 1.53. The topological polar surface area (TPSA) is 72.9 Å². The standard InChI is InChI=1S/C18H21N3O4/c1-23-15-3-2-4-16(11-15)25-18-6-5-14(12-19-18)20-17(22)13-21-7-9-24-10-8-21/h2-6,11-12H,7-10,13H2,1H3,(H,20,22). The summed E-state index contributed by atoms with van der Waals surface area (Å²) in [5.74, 6) is 1.73. The Kier molecular flexibility index (Phi) is 5.81. The lowest BCUT2D eigenvalue weighted by Gasteiger charge is -2.25. The lowest BCUT2D eigenvalue weighted by atomic mass is 10.3. The molecule has 1 aliphatic heterocycles. The van der Waals surface area contributed by atoms with Crippen molar-refractivity contribution in [3.63, 3.8) is 0 Å². The number of carbonyl (C=O) groups is 1. The molecule has 25 heavy (non-hydrogen) atoms. The van der Waals surface area contributed by atoms with Crippen molar-refractivity contribution >= 4 is 11.6 Å². The van der Waals surface area contributed by atoms with Crippen LogP contribution in [-0.4, -0.2) is 55.7 Å². The van der Waals surface area contributed by atoms with Crippen molar-refractivity contribution in [2.75, 3.05) is 45.3 Å². The van der Waals surface area contributed by atoms with Crippen molar-refractivity contribution in [2.24, 2.45) is 0 Å². The third-order valence-corrected chi connectivity index (χ3v) is 3.75. The van der Waals surface area contributed by atoms with E-state index in [-0.39, 0.29) is 5.91 Å². The third-order valence-electron chi connectivity index (χ3n) is 3.75. The van der Waals surface area contributed by atoms with Gasteiger partial charge in [0.1, 0.15) is 11.5 Å². The van der Waals surface area contributed by atoms with Crippen LogP contribution in [0.15, 0.2) is 42.6 Å². The fraction of sp³-hybridized carbons (Fsp3) is 0.333. The summed E-state index contributed by atoms with van der Waals surface area (Å²) in [7, 11) is 1.60. The Bertz CT molecular complexity index is 700. The number of morpholine rings is 1. The Morgan fingerprint density at radius 1 is 1.24 bits per heavy atom. The van der Waals surface area contributed by atoms with E-state index >= 15 is 0 Å². The molecule has 0 aliphatic carbocycles. The van der Waals surface area contributed by atoms with Gasteiger partial charge in [0.05, 0.1) is 38.8 Å². The molecule has 7 nitrogen and oxygen atoms in total. The average Bonchev–Trinajstić information content (AvgIpc) is 2.64. The second kappa shape index (κ2) is 8.46. The van der Waals surface area contributed by atoms with Crippen LogP contribution in [0.25, 0.3) is 0 Å². The molecule has 1 aromatic carbocycles. The zero-order valence-electron chi connectivity index (χ0n) is 14.1. The highest BCUT2D eigenvalue weighted by Crippen LogP contribution is 2.24. The van der Waals surface area contributed by atoms with Crippen molar-refractivity contribution in [1.29, 1.82) is 0 Å². The summed E-state index contributed by atoms with van der Waals surface area (Å²) in [5, 5.41) is 2.84. The lowest BCUT2D eigenvalue weighted by molar-refractivity contribution is -0.118. The lowest BCUT2D eigenvalue weighted by Crippen LogP contribution is -2.41. The van der Waals surface area contributed by atoms with Crippen LogP contribution in [0.1, 0.15) is 0 Å². The van der Waals surface area contributed by atoms with Gasteiger partial charge in [-0.1, -0.05) is 6.07 Å². The summed E-state index contributed by atoms with van der Waals surface area (Å²) < 4.78 is 16.1. The Hall–Kier alpha value is -2.64. The van der Waals surface area contributed by atoms with Gasteiger partial charge in [0, 0.05) is 25.2 Å². The maximum atomic E-state index is 12.1. The molecule has 2 aromatic rings. The molecule has 1 N–H and O–H groups in total. The van der Waals surface area contributed by atoms with E-state index in [1.807, 2.05) is 18.2 Å². The second-order valence-corrected chi connectivity index (χ2v) is 5.60. The van der Waals surface area contributed by atoms with Crippen molar-refractivity contribution in [3.8, 4) is 17.4 Å². The minimum absolute atomic E-state index is 0.0647. The van der Waals surface area contributed by atoms with E-state index in [9.17, 15) is 4.79 Å². The van der Waals surface area contributed by atoms with E-state index in [0.717, 1.165) is 13.1 Å². The molecule has 0 unspecified atom stereocenters. The second-order valence-electron chi connectivity index (χ2n) is 5.60. The van der Waals surface area contributed by atoms with Gasteiger partial charge in [0.25, 0.3) is 0 Å². The molecule has 1 aliphatic rings. The number of nitrogens with one attached hydrogen (secondary N) is 1. The van der Waals surface area contributed by atoms with Crippen LogP contribution < -0.4 is 14.8 Å². The van der Waals surface area contributed by atoms with Gasteiger partial charge in [0.2, 0.25) is 11.8 Å². The Morgan fingerprint density at radius 3 is 2.76 bits per heavy atom. The minimum atomic E-state index is -0.0647. The van der Waals surface area contributed by atoms with Gasteiger partial charge >= 0.3 is 0 Å². The van der Waals surface area contributed by atoms with Crippen LogP contribution in [0, 0.1) is 0 Å². The highest BCUT2D eigenvalue weighted by atomic mass is 16.5. The van der Waals surface area contributed by atoms with Gasteiger partial charge in [-0.15, -0.1) is 0 Å². The normalized spacial score (nSPS) is 14.8. The average molecular weight is 343 g/mol. The van der Waals surface area contributed by atoms with Crippen LogP contribution in [0.3, 0.4) is 0 Å². The Labute approximate surface area is 146 Å². The van der Waals surface area contributed by atoms with Gasteiger partial charge in [-0.3, -0.25) is 9.69 Å². The number of amides is 1. The number of hydrogen-bond acceptors (Lipinski definition) is 6. The first-order chi connectivity index (χ1) is 12.2. The zero-order chi connectivity index (χ0) is 17.5. The predicted octanol–water partition coefficient (Wildman–Crippen LogP) is 2.15. The van der Waals surface area contributed by atoms with Gasteiger partial charge in [-0.05, 0) is 18.2 Å². The fourth-order valence-electron chi connectivity index (χ4n) is 2.46. The molecule has 0 radical (unpaired) electrons. The maximum absolute atomic E-state index is 12.1. The first kappa shape index (κ1) is 17.2. The molecule has 0 bridgehead atoms. The Morgan fingerprint density at radius 2 is 2.04 bits per heavy atom. The summed E-state index contributed by atoms with van der Waals surface area (Å²) >= 11 is 0. The van der Waals surface area contributed by atoms with Crippen molar-refractivity contribution in [2.45, 2.75) is 0 Å². The van der Waals surface area contributed by atoms with E-state index in [1.165, 1.54) is 0 Å². The molecule has 1 amide bonds. The number of aromatic nitrogens is 1. The van der Waals surface area contributed by atoms with E-state index in [2.05, 4.69) is 15.2 Å². The molecule has 1 fully saturated rings. The zero-order valence-corrected chi connectivity index (χ0v) is 14.1. The molecule has 132 valence electrons. The molecular formula is C18H21N3O4. The molecule has 7 heteroatoms. The third kappa shape index (κ3) is 5.17. The molecule has 1 aromatic heterocycles. The maximum Gasteiger partial charge on any atom is 0.238 e. The number of pyridine rings is 1. The molecule has 2 heterocycles. The van der Waals surface area contributed by atoms with E-state index in [0.29, 0.717) is 42.8 Å². The number of rotatable bonds is 6. The van der Waals surface area contributed by atoms with Gasteiger partial charge in [-0.25, -0.2) is 4.98 Å². The van der Waals surface area contributed by atoms with Gasteiger partial charge in [0.15, 0.2) is 0 Å². The molecule has 0 atom stereocenters. The SMILES string of the molecule is COc1cccc(Oc2ccc(NC(=O)CN3CCOCC3)cn2)c1. The number of ether oxygens (including phenoxy) is 3. The van der Waals surface area contributed by atoms with Crippen molar-refractivity contribution < 1.29 is 19.0 Å². The van der Waals surface area contributed by atoms with Crippen LogP contribution in [0.4, 0.5) is 5.69 Å². The summed E-state index contributed by atoms with van der Waals surface area (Å²) in [5.41, 5.74) is 0.635. The van der Waals surface area contributed by atoms with E-state index < -0.39 is 0 Å². The number of nitrogens with zero attached hydrogens (tertiary/aromatic N) is 2. The van der Waals surface area contributed by atoms with Crippen LogP contribution in [0.2, 0.25) is 0 Å². The number of benzene rings is 1. The molecule has 3 rings (SSSR count). The van der Waals surface area contributed by atoms with Crippen LogP contribution in [-0.2, 0) is 9.53 Å². The summed E-state index contributed by atoms with van der Waals surface area (Å²) in [6.45, 7) is 3.25. The number of carbonyl (C=O) groups excluding carboxylic acids is 1. The first-order valence-electron chi connectivity index (χ1n) is 8.11. The number of methoxy groups -OCH3 is 1. The monoisotopic (exact) mass is 343 g/mol. The largest absolute Gasteiger partial charge is 0.497 e. The number of anilines is 1. The van der Waals surface area contributed by atoms with Crippen molar-refractivity contribution in [3.05, 3.63) is 42.6 Å². The summed E-state index contributed by atoms with van der Waals surface area (Å²) in [6.07, 6.45) is 1.58. The molecule has 0 saturated carbocycles. The molecule has 1 saturated heterocycles. The fourth-order valence-corrected chi connectivity index (χ4v) is 2.46. The number of hydrogen-bond donors (Lipinski definition) is 1. The van der Waals surface area contributed by atoms with Crippen LogP contribution >= 0.6 is 0 Å². The first-order valence-corrected chi connectivity index (χ1v) is 8.11. The molecular weight excluding hydrogens is 322 g/mol. The van der Waals surface area contributed by atoms with Crippen LogP contribution in [0.5, 0.6) is 17.4 Å². The summed E-state index contributed by atoms with van der Waals surface area (Å²) in [4.78, 5) is 18.3. The predicted molar refractivity (Wildman–Crippen MR) is 93.2 cm³/mol. The van der Waals surface area contributed by atoms with Gasteiger partial charge < -0.3 is 19.5 Å². The quantitative estimate of drug-likeness (QED) is 0.866. The smallest absolute Gasteiger partial charge is 0.238 e. The van der Waals surface area contributed by atoms with E-state index in [4.69, 9.17) is 14.2 Å². The highest BCUT2D eigenvalue weighted by molar-refractivity contribution is 5.92.